The van der Waals surface area contributed by atoms with Crippen molar-refractivity contribution in [3.8, 4) is 6.07 Å². The van der Waals surface area contributed by atoms with Crippen LogP contribution in [0.25, 0.3) is 0 Å². The van der Waals surface area contributed by atoms with E-state index in [-0.39, 0.29) is 4.90 Å². The van der Waals surface area contributed by atoms with Crippen molar-refractivity contribution in [3.05, 3.63) is 58.0 Å². The highest BCUT2D eigenvalue weighted by Crippen LogP contribution is 2.21. The molecular weight excluding hydrogens is 336 g/mol. The highest BCUT2D eigenvalue weighted by Gasteiger charge is 2.20. The third-order valence-electron chi connectivity index (χ3n) is 2.84. The molecular formula is C15H13ClN4O2S. The summed E-state index contributed by atoms with van der Waals surface area (Å²) in [4.78, 5) is 7.81. The van der Waals surface area contributed by atoms with Crippen LogP contribution in [-0.4, -0.2) is 18.4 Å². The molecule has 0 saturated carbocycles. The molecule has 0 aliphatic carbocycles. The van der Waals surface area contributed by atoms with E-state index < -0.39 is 14.7 Å². The van der Waals surface area contributed by atoms with E-state index in [2.05, 4.69) is 15.3 Å². The van der Waals surface area contributed by atoms with Gasteiger partial charge in [-0.1, -0.05) is 11.6 Å². The number of anilines is 1. The van der Waals surface area contributed by atoms with E-state index in [1.54, 1.807) is 26.0 Å². The second-order valence-corrected chi connectivity index (χ2v) is 7.02. The summed E-state index contributed by atoms with van der Waals surface area (Å²) in [5.41, 5.74) is 0.729. The Balaban J connectivity index is 2.35. The molecule has 0 aliphatic rings. The molecule has 0 spiro atoms. The molecule has 118 valence electrons. The lowest BCUT2D eigenvalue weighted by Crippen LogP contribution is -2.06. The summed E-state index contributed by atoms with van der Waals surface area (Å²) >= 11 is 5.75. The van der Waals surface area contributed by atoms with E-state index in [0.29, 0.717) is 16.7 Å². The van der Waals surface area contributed by atoms with Gasteiger partial charge in [-0.25, -0.2) is 18.4 Å². The first-order chi connectivity index (χ1) is 10.8. The predicted octanol–water partition coefficient (Wildman–Crippen LogP) is 3.00. The summed E-state index contributed by atoms with van der Waals surface area (Å²) in [6.07, 6.45) is 1.12. The number of nitriles is 1. The predicted molar refractivity (Wildman–Crippen MR) is 87.5 cm³/mol. The first-order valence-electron chi connectivity index (χ1n) is 6.52. The summed E-state index contributed by atoms with van der Waals surface area (Å²) in [5.74, 6) is 0.953. The zero-order chi connectivity index (χ0) is 17.0. The van der Waals surface area contributed by atoms with E-state index in [1.807, 2.05) is 0 Å². The number of sulfone groups is 1. The Bertz CT molecular complexity index is 880. The summed E-state index contributed by atoms with van der Waals surface area (Å²) in [7, 11) is -3.92. The van der Waals surface area contributed by atoms with Crippen molar-refractivity contribution in [2.75, 3.05) is 5.32 Å². The molecule has 0 atom stereocenters. The van der Waals surface area contributed by atoms with Crippen LogP contribution in [-0.2, 0) is 9.84 Å². The molecule has 1 N–H and O–H groups in total. The van der Waals surface area contributed by atoms with Crippen LogP contribution in [0.4, 0.5) is 5.82 Å². The highest BCUT2D eigenvalue weighted by atomic mass is 35.5. The second-order valence-electron chi connectivity index (χ2n) is 4.66. The number of aromatic nitrogens is 2. The van der Waals surface area contributed by atoms with Crippen LogP contribution in [0.5, 0.6) is 0 Å². The Morgan fingerprint density at radius 1 is 1.26 bits per heavy atom. The number of allylic oxidation sites excluding steroid dienone is 1. The Labute approximate surface area is 139 Å². The summed E-state index contributed by atoms with van der Waals surface area (Å²) in [5, 5.41) is 12.3. The number of rotatable bonds is 4. The number of halogens is 1. The van der Waals surface area contributed by atoms with Gasteiger partial charge in [0.2, 0.25) is 9.84 Å². The number of hydrogen-bond acceptors (Lipinski definition) is 6. The van der Waals surface area contributed by atoms with Crippen LogP contribution in [0, 0.1) is 25.2 Å². The van der Waals surface area contributed by atoms with E-state index in [0.717, 1.165) is 11.9 Å². The fourth-order valence-electron chi connectivity index (χ4n) is 1.84. The maximum Gasteiger partial charge on any atom is 0.218 e. The van der Waals surface area contributed by atoms with Crippen LogP contribution in [0.2, 0.25) is 5.02 Å². The van der Waals surface area contributed by atoms with Gasteiger partial charge in [-0.2, -0.15) is 5.26 Å². The standard InChI is InChI=1S/C15H13ClN4O2S/c1-10-7-15(20-11(2)19-10)18-9-14(8-17)23(21,22)13-5-3-12(16)4-6-13/h3-7,9H,1-2H3,(H,18,19,20). The molecule has 0 radical (unpaired) electrons. The normalized spacial score (nSPS) is 11.8. The number of aryl methyl sites for hydroxylation is 2. The maximum atomic E-state index is 12.4. The molecule has 0 bridgehead atoms. The largest absolute Gasteiger partial charge is 0.344 e. The molecule has 23 heavy (non-hydrogen) atoms. The molecule has 6 nitrogen and oxygen atoms in total. The third-order valence-corrected chi connectivity index (χ3v) is 4.77. The van der Waals surface area contributed by atoms with Crippen molar-refractivity contribution in [1.29, 1.82) is 5.26 Å². The Kier molecular flexibility index (Phi) is 4.98. The lowest BCUT2D eigenvalue weighted by atomic mass is 10.4. The van der Waals surface area contributed by atoms with Crippen LogP contribution in [0.15, 0.2) is 46.3 Å². The van der Waals surface area contributed by atoms with E-state index in [9.17, 15) is 8.42 Å². The molecule has 2 rings (SSSR count). The zero-order valence-electron chi connectivity index (χ0n) is 12.4. The van der Waals surface area contributed by atoms with E-state index in [1.165, 1.54) is 24.3 Å². The molecule has 0 amide bonds. The van der Waals surface area contributed by atoms with Crippen LogP contribution in [0.3, 0.4) is 0 Å². The minimum atomic E-state index is -3.92. The average molecular weight is 349 g/mol. The van der Waals surface area contributed by atoms with Gasteiger partial charge < -0.3 is 5.32 Å². The van der Waals surface area contributed by atoms with Crippen molar-refractivity contribution in [2.24, 2.45) is 0 Å². The third kappa shape index (κ3) is 4.06. The van der Waals surface area contributed by atoms with Crippen LogP contribution < -0.4 is 5.32 Å². The quantitative estimate of drug-likeness (QED) is 0.853. The van der Waals surface area contributed by atoms with E-state index in [4.69, 9.17) is 16.9 Å². The monoisotopic (exact) mass is 348 g/mol. The lowest BCUT2D eigenvalue weighted by molar-refractivity contribution is 0.603. The molecule has 1 aromatic heterocycles. The number of nitrogens with zero attached hydrogens (tertiary/aromatic N) is 3. The smallest absolute Gasteiger partial charge is 0.218 e. The Morgan fingerprint density at radius 3 is 2.48 bits per heavy atom. The van der Waals surface area contributed by atoms with Crippen molar-refractivity contribution in [2.45, 2.75) is 18.7 Å². The highest BCUT2D eigenvalue weighted by molar-refractivity contribution is 7.95. The second kappa shape index (κ2) is 6.77. The molecule has 8 heteroatoms. The number of nitrogens with one attached hydrogen (secondary N) is 1. The molecule has 0 fully saturated rings. The fourth-order valence-corrected chi connectivity index (χ4v) is 3.05. The topological polar surface area (TPSA) is 95.7 Å². The van der Waals surface area contributed by atoms with Gasteiger partial charge in [-0.05, 0) is 38.1 Å². The number of benzene rings is 1. The van der Waals surface area contributed by atoms with Gasteiger partial charge in [0.15, 0.2) is 4.91 Å². The summed E-state index contributed by atoms with van der Waals surface area (Å²) < 4.78 is 24.8. The molecule has 1 aromatic carbocycles. The van der Waals surface area contributed by atoms with Crippen molar-refractivity contribution in [3.63, 3.8) is 0 Å². The SMILES string of the molecule is Cc1cc(NC=C(C#N)S(=O)(=O)c2ccc(Cl)cc2)nc(C)n1. The van der Waals surface area contributed by atoms with Crippen molar-refractivity contribution in [1.82, 2.24) is 9.97 Å². The van der Waals surface area contributed by atoms with Gasteiger partial charge in [-0.3, -0.25) is 0 Å². The molecule has 2 aromatic rings. The minimum Gasteiger partial charge on any atom is -0.344 e. The fraction of sp³-hybridized carbons (Fsp3) is 0.133. The summed E-state index contributed by atoms with van der Waals surface area (Å²) in [6.45, 7) is 3.51. The lowest BCUT2D eigenvalue weighted by Gasteiger charge is -2.05. The average Bonchev–Trinajstić information content (AvgIpc) is 2.47. The molecule has 0 unspecified atom stereocenters. The summed E-state index contributed by atoms with van der Waals surface area (Å²) in [6, 6.07) is 8.94. The Morgan fingerprint density at radius 2 is 1.91 bits per heavy atom. The molecule has 0 aliphatic heterocycles. The Hall–Kier alpha value is -2.43. The maximum absolute atomic E-state index is 12.4. The number of hydrogen-bond donors (Lipinski definition) is 1. The first kappa shape index (κ1) is 16.9. The van der Waals surface area contributed by atoms with Gasteiger partial charge >= 0.3 is 0 Å². The molecule has 0 saturated heterocycles. The zero-order valence-corrected chi connectivity index (χ0v) is 14.0. The van der Waals surface area contributed by atoms with Crippen LogP contribution in [0.1, 0.15) is 11.5 Å². The van der Waals surface area contributed by atoms with Gasteiger partial charge in [-0.15, -0.1) is 0 Å². The van der Waals surface area contributed by atoms with E-state index >= 15 is 0 Å². The van der Waals surface area contributed by atoms with Gasteiger partial charge in [0.1, 0.15) is 17.7 Å². The van der Waals surface area contributed by atoms with Crippen LogP contribution >= 0.6 is 11.6 Å². The van der Waals surface area contributed by atoms with Crippen molar-refractivity contribution >= 4 is 27.3 Å². The molecule has 1 heterocycles. The van der Waals surface area contributed by atoms with Crippen molar-refractivity contribution < 1.29 is 8.42 Å². The van der Waals surface area contributed by atoms with Gasteiger partial charge in [0.05, 0.1) is 4.90 Å². The van der Waals surface area contributed by atoms with Gasteiger partial charge in [0.25, 0.3) is 0 Å². The van der Waals surface area contributed by atoms with Gasteiger partial charge in [0, 0.05) is 23.0 Å². The first-order valence-corrected chi connectivity index (χ1v) is 8.39. The minimum absolute atomic E-state index is 0.00783.